The number of nitrogens with zero attached hydrogens (tertiary/aromatic N) is 3. The van der Waals surface area contributed by atoms with Crippen LogP contribution in [0.4, 0.5) is 10.7 Å². The number of rotatable bonds is 5. The molecule has 2 aliphatic heterocycles. The van der Waals surface area contributed by atoms with Crippen LogP contribution < -0.4 is 10.6 Å². The zero-order valence-electron chi connectivity index (χ0n) is 17.5. The average molecular weight is 412 g/mol. The standard InChI is InChI=1S/C22H29N5O3/c1-22(2)17-12-23-20(24-16-8-10-30-11-9-16)25-18(17)13-27(22)21(29)26-19(14-28)15-6-4-3-5-7-15/h3-7,12,16,19,28H,8-11,13-14H2,1-2H3,(H,26,29)(H,23,24,25). The number of aliphatic hydroxyl groups is 1. The van der Waals surface area contributed by atoms with E-state index in [0.717, 1.165) is 42.9 Å². The van der Waals surface area contributed by atoms with E-state index in [1.54, 1.807) is 4.90 Å². The smallest absolute Gasteiger partial charge is 0.319 e. The van der Waals surface area contributed by atoms with Crippen LogP contribution in [0.5, 0.6) is 0 Å². The third kappa shape index (κ3) is 4.11. The molecule has 160 valence electrons. The van der Waals surface area contributed by atoms with Crippen molar-refractivity contribution in [2.45, 2.75) is 50.9 Å². The fourth-order valence-electron chi connectivity index (χ4n) is 4.11. The number of urea groups is 1. The summed E-state index contributed by atoms with van der Waals surface area (Å²) in [6.45, 7) is 5.70. The van der Waals surface area contributed by atoms with E-state index >= 15 is 0 Å². The summed E-state index contributed by atoms with van der Waals surface area (Å²) in [6.07, 6.45) is 3.68. The Kier molecular flexibility index (Phi) is 5.87. The van der Waals surface area contributed by atoms with Gasteiger partial charge in [0, 0.05) is 31.0 Å². The van der Waals surface area contributed by atoms with Gasteiger partial charge in [0.25, 0.3) is 0 Å². The van der Waals surface area contributed by atoms with Crippen molar-refractivity contribution in [2.24, 2.45) is 0 Å². The Morgan fingerprint density at radius 2 is 2.03 bits per heavy atom. The number of amides is 2. The number of aliphatic hydroxyl groups excluding tert-OH is 1. The van der Waals surface area contributed by atoms with Crippen molar-refractivity contribution in [2.75, 3.05) is 25.1 Å². The topological polar surface area (TPSA) is 99.6 Å². The van der Waals surface area contributed by atoms with Gasteiger partial charge in [-0.15, -0.1) is 0 Å². The molecule has 0 bridgehead atoms. The number of aromatic nitrogens is 2. The van der Waals surface area contributed by atoms with Crippen molar-refractivity contribution in [3.05, 3.63) is 53.3 Å². The van der Waals surface area contributed by atoms with Gasteiger partial charge >= 0.3 is 6.03 Å². The maximum absolute atomic E-state index is 13.1. The molecule has 1 atom stereocenters. The number of fused-ring (bicyclic) bond motifs is 1. The molecule has 0 spiro atoms. The average Bonchev–Trinajstić information content (AvgIpc) is 3.03. The molecule has 3 heterocycles. The lowest BCUT2D eigenvalue weighted by molar-refractivity contribution is 0.0903. The molecule has 1 aromatic carbocycles. The van der Waals surface area contributed by atoms with E-state index in [4.69, 9.17) is 9.72 Å². The van der Waals surface area contributed by atoms with Crippen molar-refractivity contribution >= 4 is 12.0 Å². The molecule has 8 nitrogen and oxygen atoms in total. The van der Waals surface area contributed by atoms with E-state index < -0.39 is 11.6 Å². The van der Waals surface area contributed by atoms with Crippen LogP contribution in [0.3, 0.4) is 0 Å². The molecule has 3 N–H and O–H groups in total. The zero-order valence-corrected chi connectivity index (χ0v) is 17.5. The maximum atomic E-state index is 13.1. The van der Waals surface area contributed by atoms with Crippen LogP contribution in [0.1, 0.15) is 49.6 Å². The van der Waals surface area contributed by atoms with Gasteiger partial charge in [-0.3, -0.25) is 0 Å². The van der Waals surface area contributed by atoms with Crippen LogP contribution in [-0.2, 0) is 16.8 Å². The van der Waals surface area contributed by atoms with Gasteiger partial charge < -0.3 is 25.4 Å². The number of hydrogen-bond acceptors (Lipinski definition) is 6. The zero-order chi connectivity index (χ0) is 21.1. The molecule has 0 aliphatic carbocycles. The van der Waals surface area contributed by atoms with Crippen molar-refractivity contribution in [3.63, 3.8) is 0 Å². The molecule has 2 aromatic rings. The molecule has 0 radical (unpaired) electrons. The van der Waals surface area contributed by atoms with Gasteiger partial charge in [0.1, 0.15) is 0 Å². The number of anilines is 1. The van der Waals surface area contributed by atoms with E-state index in [-0.39, 0.29) is 12.6 Å². The molecule has 0 saturated carbocycles. The van der Waals surface area contributed by atoms with Crippen LogP contribution in [0.15, 0.2) is 36.5 Å². The summed E-state index contributed by atoms with van der Waals surface area (Å²) in [6, 6.07) is 9.09. The van der Waals surface area contributed by atoms with E-state index in [0.29, 0.717) is 18.5 Å². The Hall–Kier alpha value is -2.71. The largest absolute Gasteiger partial charge is 0.394 e. The molecular formula is C22H29N5O3. The van der Waals surface area contributed by atoms with Crippen molar-refractivity contribution < 1.29 is 14.6 Å². The monoisotopic (exact) mass is 411 g/mol. The minimum atomic E-state index is -0.548. The molecule has 1 fully saturated rings. The molecule has 30 heavy (non-hydrogen) atoms. The normalized spacial score (nSPS) is 19.2. The predicted octanol–water partition coefficient (Wildman–Crippen LogP) is 2.56. The van der Waals surface area contributed by atoms with E-state index in [1.165, 1.54) is 0 Å². The van der Waals surface area contributed by atoms with E-state index in [2.05, 4.69) is 15.6 Å². The fourth-order valence-corrected chi connectivity index (χ4v) is 4.11. The molecular weight excluding hydrogens is 382 g/mol. The van der Waals surface area contributed by atoms with Gasteiger partial charge in [-0.05, 0) is 32.3 Å². The first-order valence-corrected chi connectivity index (χ1v) is 10.4. The van der Waals surface area contributed by atoms with Crippen molar-refractivity contribution in [1.82, 2.24) is 20.2 Å². The van der Waals surface area contributed by atoms with Gasteiger partial charge in [0.2, 0.25) is 5.95 Å². The highest BCUT2D eigenvalue weighted by molar-refractivity contribution is 5.77. The first kappa shape index (κ1) is 20.6. The predicted molar refractivity (Wildman–Crippen MR) is 113 cm³/mol. The third-order valence-electron chi connectivity index (χ3n) is 5.99. The lowest BCUT2D eigenvalue weighted by Crippen LogP contribution is -2.47. The highest BCUT2D eigenvalue weighted by atomic mass is 16.5. The summed E-state index contributed by atoms with van der Waals surface area (Å²) in [7, 11) is 0. The maximum Gasteiger partial charge on any atom is 0.319 e. The second-order valence-corrected chi connectivity index (χ2v) is 8.33. The molecule has 2 aliphatic rings. The Balaban J connectivity index is 1.48. The highest BCUT2D eigenvalue weighted by Gasteiger charge is 2.42. The minimum absolute atomic E-state index is 0.171. The van der Waals surface area contributed by atoms with Gasteiger partial charge in [0.15, 0.2) is 0 Å². The number of ether oxygens (including phenoxy) is 1. The first-order chi connectivity index (χ1) is 14.5. The minimum Gasteiger partial charge on any atom is -0.394 e. The fraction of sp³-hybridized carbons (Fsp3) is 0.500. The van der Waals surface area contributed by atoms with Crippen molar-refractivity contribution in [1.29, 1.82) is 0 Å². The lowest BCUT2D eigenvalue weighted by Gasteiger charge is -2.33. The van der Waals surface area contributed by atoms with Gasteiger partial charge in [0.05, 0.1) is 30.4 Å². The molecule has 4 rings (SSSR count). The van der Waals surface area contributed by atoms with Crippen molar-refractivity contribution in [3.8, 4) is 0 Å². The number of carbonyl (C=O) groups excluding carboxylic acids is 1. The first-order valence-electron chi connectivity index (χ1n) is 10.4. The van der Waals surface area contributed by atoms with Crippen LogP contribution in [0, 0.1) is 0 Å². The molecule has 8 heteroatoms. The number of benzene rings is 1. The number of carbonyl (C=O) groups is 1. The quantitative estimate of drug-likeness (QED) is 0.699. The van der Waals surface area contributed by atoms with Gasteiger partial charge in [-0.2, -0.15) is 0 Å². The molecule has 1 aromatic heterocycles. The highest BCUT2D eigenvalue weighted by Crippen LogP contribution is 2.38. The summed E-state index contributed by atoms with van der Waals surface area (Å²) in [5.74, 6) is 0.594. The Morgan fingerprint density at radius 1 is 1.30 bits per heavy atom. The van der Waals surface area contributed by atoms with Gasteiger partial charge in [-0.25, -0.2) is 14.8 Å². The van der Waals surface area contributed by atoms with Crippen LogP contribution in [0.2, 0.25) is 0 Å². The lowest BCUT2D eigenvalue weighted by atomic mass is 9.97. The Bertz CT molecular complexity index is 884. The van der Waals surface area contributed by atoms with Crippen LogP contribution in [-0.4, -0.2) is 51.9 Å². The summed E-state index contributed by atoms with van der Waals surface area (Å²) in [5.41, 5.74) is 2.11. The third-order valence-corrected chi connectivity index (χ3v) is 5.99. The van der Waals surface area contributed by atoms with Gasteiger partial charge in [-0.1, -0.05) is 30.3 Å². The Morgan fingerprint density at radius 3 is 2.73 bits per heavy atom. The summed E-state index contributed by atoms with van der Waals surface area (Å²) in [5, 5.41) is 16.1. The van der Waals surface area contributed by atoms with E-state index in [9.17, 15) is 9.90 Å². The molecule has 1 saturated heterocycles. The number of hydrogen-bond donors (Lipinski definition) is 3. The number of nitrogens with one attached hydrogen (secondary N) is 2. The summed E-state index contributed by atoms with van der Waals surface area (Å²) >= 11 is 0. The molecule has 2 amide bonds. The second kappa shape index (κ2) is 8.57. The van der Waals surface area contributed by atoms with E-state index in [1.807, 2.05) is 50.4 Å². The van der Waals surface area contributed by atoms with Crippen LogP contribution >= 0.6 is 0 Å². The Labute approximate surface area is 176 Å². The van der Waals surface area contributed by atoms with Crippen LogP contribution in [0.25, 0.3) is 0 Å². The SMILES string of the molecule is CC1(C)c2cnc(NC3CCOCC3)nc2CN1C(=O)NC(CO)c1ccccc1. The summed E-state index contributed by atoms with van der Waals surface area (Å²) in [4.78, 5) is 24.0. The molecule has 1 unspecified atom stereocenters. The second-order valence-electron chi connectivity index (χ2n) is 8.33. The summed E-state index contributed by atoms with van der Waals surface area (Å²) < 4.78 is 5.40.